The summed E-state index contributed by atoms with van der Waals surface area (Å²) in [5, 5.41) is 4.39. The lowest BCUT2D eigenvalue weighted by Crippen LogP contribution is -2.46. The Morgan fingerprint density at radius 1 is 1.35 bits per heavy atom. The molecule has 1 aliphatic rings. The summed E-state index contributed by atoms with van der Waals surface area (Å²) in [5.41, 5.74) is 0.625. The summed E-state index contributed by atoms with van der Waals surface area (Å²) in [6.07, 6.45) is 5.90. The zero-order valence-corrected chi connectivity index (χ0v) is 18.1. The lowest BCUT2D eigenvalue weighted by Gasteiger charge is -2.26. The minimum atomic E-state index is -3.27. The predicted octanol–water partition coefficient (Wildman–Crippen LogP) is 1.75. The minimum Gasteiger partial charge on any atom is -0.357 e. The first-order valence-electron chi connectivity index (χ1n) is 9.05. The van der Waals surface area contributed by atoms with Crippen molar-refractivity contribution in [3.8, 4) is 0 Å². The van der Waals surface area contributed by atoms with Crippen LogP contribution in [0.1, 0.15) is 49.2 Å². The number of sulfonamides is 1. The van der Waals surface area contributed by atoms with Crippen LogP contribution in [0.4, 0.5) is 0 Å². The fourth-order valence-corrected chi connectivity index (χ4v) is 5.31. The lowest BCUT2D eigenvalue weighted by molar-refractivity contribution is 0.445. The molecule has 148 valence electrons. The van der Waals surface area contributed by atoms with Gasteiger partial charge in [-0.2, -0.15) is 0 Å². The van der Waals surface area contributed by atoms with Crippen molar-refractivity contribution in [2.24, 2.45) is 4.99 Å². The number of hydrogen-bond donors (Lipinski definition) is 2. The fraction of sp³-hybridized carbons (Fsp3) is 0.765. The van der Waals surface area contributed by atoms with Crippen LogP contribution in [0.3, 0.4) is 0 Å². The van der Waals surface area contributed by atoms with E-state index in [0.29, 0.717) is 13.1 Å². The van der Waals surface area contributed by atoms with Crippen LogP contribution in [-0.2, 0) is 29.4 Å². The van der Waals surface area contributed by atoms with E-state index in [9.17, 15) is 8.42 Å². The maximum absolute atomic E-state index is 11.5. The van der Waals surface area contributed by atoms with Gasteiger partial charge in [0.1, 0.15) is 5.01 Å². The third kappa shape index (κ3) is 6.51. The topological polar surface area (TPSA) is 86.7 Å². The Hall–Kier alpha value is -1.19. The van der Waals surface area contributed by atoms with E-state index in [2.05, 4.69) is 15.0 Å². The van der Waals surface area contributed by atoms with Gasteiger partial charge >= 0.3 is 0 Å². The summed E-state index contributed by atoms with van der Waals surface area (Å²) in [6.45, 7) is 7.47. The number of rotatable bonds is 7. The molecule has 0 bridgehead atoms. The molecule has 9 heteroatoms. The molecule has 0 radical (unpaired) electrons. The lowest BCUT2D eigenvalue weighted by atomic mass is 10.0. The summed E-state index contributed by atoms with van der Waals surface area (Å²) in [6, 6.07) is 0. The molecule has 0 aromatic carbocycles. The normalized spacial score (nSPS) is 15.7. The standard InChI is InChI=1S/C17H31N5O2S2/c1-6-18-16(19-12-17(2,3)21-26(5,23)24)22(4)11-15-20-13-9-7-8-10-14(13)25-15/h21H,6-12H2,1-5H3,(H,18,19). The molecule has 0 unspecified atom stereocenters. The maximum Gasteiger partial charge on any atom is 0.209 e. The zero-order chi connectivity index (χ0) is 19.4. The van der Waals surface area contributed by atoms with Crippen LogP contribution in [0, 0.1) is 0 Å². The van der Waals surface area contributed by atoms with Gasteiger partial charge in [-0.15, -0.1) is 11.3 Å². The third-order valence-electron chi connectivity index (χ3n) is 4.04. The van der Waals surface area contributed by atoms with Crippen LogP contribution in [0.25, 0.3) is 0 Å². The number of aromatic nitrogens is 1. The van der Waals surface area contributed by atoms with Gasteiger partial charge < -0.3 is 10.2 Å². The number of aryl methyl sites for hydroxylation is 2. The van der Waals surface area contributed by atoms with E-state index in [1.54, 1.807) is 11.3 Å². The van der Waals surface area contributed by atoms with Crippen LogP contribution in [0.15, 0.2) is 4.99 Å². The number of thiazole rings is 1. The second kappa shape index (κ2) is 8.67. The highest BCUT2D eigenvalue weighted by Crippen LogP contribution is 2.27. The zero-order valence-electron chi connectivity index (χ0n) is 16.4. The quantitative estimate of drug-likeness (QED) is 0.537. The van der Waals surface area contributed by atoms with Gasteiger partial charge in [0.15, 0.2) is 5.96 Å². The van der Waals surface area contributed by atoms with E-state index in [1.165, 1.54) is 29.7 Å². The molecule has 0 amide bonds. The Morgan fingerprint density at radius 2 is 2.04 bits per heavy atom. The number of nitrogens with zero attached hydrogens (tertiary/aromatic N) is 3. The van der Waals surface area contributed by atoms with Gasteiger partial charge in [-0.05, 0) is 46.5 Å². The largest absolute Gasteiger partial charge is 0.357 e. The van der Waals surface area contributed by atoms with Gasteiger partial charge in [0, 0.05) is 24.0 Å². The van der Waals surface area contributed by atoms with Crippen LogP contribution < -0.4 is 10.0 Å². The molecule has 0 spiro atoms. The van der Waals surface area contributed by atoms with E-state index in [0.717, 1.165) is 30.4 Å². The van der Waals surface area contributed by atoms with Crippen LogP contribution in [0.5, 0.6) is 0 Å². The van der Waals surface area contributed by atoms with Crippen molar-refractivity contribution in [3.63, 3.8) is 0 Å². The third-order valence-corrected chi connectivity index (χ3v) is 6.11. The number of fused-ring (bicyclic) bond motifs is 1. The van der Waals surface area contributed by atoms with E-state index >= 15 is 0 Å². The highest BCUT2D eigenvalue weighted by Gasteiger charge is 2.23. The SMILES string of the molecule is CCNC(=NCC(C)(C)NS(C)(=O)=O)N(C)Cc1nc2c(s1)CCCC2. The molecule has 0 aliphatic heterocycles. The first-order chi connectivity index (χ1) is 12.1. The molecule has 26 heavy (non-hydrogen) atoms. The summed E-state index contributed by atoms with van der Waals surface area (Å²) < 4.78 is 25.6. The highest BCUT2D eigenvalue weighted by molar-refractivity contribution is 7.88. The van der Waals surface area contributed by atoms with Gasteiger partial charge in [0.25, 0.3) is 0 Å². The molecule has 0 saturated carbocycles. The van der Waals surface area contributed by atoms with Crippen LogP contribution in [0.2, 0.25) is 0 Å². The molecule has 1 aliphatic carbocycles. The summed E-state index contributed by atoms with van der Waals surface area (Å²) in [5.74, 6) is 0.754. The summed E-state index contributed by atoms with van der Waals surface area (Å²) in [4.78, 5) is 12.9. The smallest absolute Gasteiger partial charge is 0.209 e. The predicted molar refractivity (Wildman–Crippen MR) is 108 cm³/mol. The number of nitrogens with one attached hydrogen (secondary N) is 2. The fourth-order valence-electron chi connectivity index (χ4n) is 3.03. The Kier molecular flexibility index (Phi) is 7.04. The number of aliphatic imine (C=N–C) groups is 1. The first-order valence-corrected chi connectivity index (χ1v) is 11.8. The first kappa shape index (κ1) is 21.1. The molecule has 7 nitrogen and oxygen atoms in total. The van der Waals surface area contributed by atoms with Crippen LogP contribution in [-0.4, -0.2) is 56.2 Å². The number of hydrogen-bond acceptors (Lipinski definition) is 5. The second-order valence-corrected chi connectivity index (χ2v) is 10.4. The molecule has 0 atom stereocenters. The van der Waals surface area contributed by atoms with E-state index in [4.69, 9.17) is 4.98 Å². The molecule has 1 heterocycles. The second-order valence-electron chi connectivity index (χ2n) is 7.47. The molecule has 1 aromatic rings. The molecular weight excluding hydrogens is 370 g/mol. The van der Waals surface area contributed by atoms with Gasteiger partial charge in [-0.1, -0.05) is 0 Å². The van der Waals surface area contributed by atoms with Crippen molar-refractivity contribution < 1.29 is 8.42 Å². The van der Waals surface area contributed by atoms with Crippen molar-refractivity contribution in [3.05, 3.63) is 15.6 Å². The van der Waals surface area contributed by atoms with Crippen molar-refractivity contribution in [1.29, 1.82) is 0 Å². The van der Waals surface area contributed by atoms with Gasteiger partial charge in [-0.25, -0.2) is 18.1 Å². The maximum atomic E-state index is 11.5. The monoisotopic (exact) mass is 401 g/mol. The van der Waals surface area contributed by atoms with Crippen molar-refractivity contribution >= 4 is 27.3 Å². The van der Waals surface area contributed by atoms with Gasteiger partial charge in [0.05, 0.1) is 25.0 Å². The summed E-state index contributed by atoms with van der Waals surface area (Å²) in [7, 11) is -1.29. The summed E-state index contributed by atoms with van der Waals surface area (Å²) >= 11 is 1.80. The average molecular weight is 402 g/mol. The Bertz CT molecular complexity index is 717. The van der Waals surface area contributed by atoms with Gasteiger partial charge in [0.2, 0.25) is 10.0 Å². The Balaban J connectivity index is 2.06. The molecule has 0 saturated heterocycles. The van der Waals surface area contributed by atoms with E-state index in [-0.39, 0.29) is 0 Å². The number of guanidine groups is 1. The van der Waals surface area contributed by atoms with Gasteiger partial charge in [-0.3, -0.25) is 4.99 Å². The molecule has 2 rings (SSSR count). The van der Waals surface area contributed by atoms with E-state index in [1.807, 2.05) is 32.7 Å². The van der Waals surface area contributed by atoms with E-state index < -0.39 is 15.6 Å². The molecule has 1 aromatic heterocycles. The molecule has 2 N–H and O–H groups in total. The average Bonchev–Trinajstić information content (AvgIpc) is 2.91. The Morgan fingerprint density at radius 3 is 2.65 bits per heavy atom. The Labute approximate surface area is 161 Å². The van der Waals surface area contributed by atoms with Crippen LogP contribution >= 0.6 is 11.3 Å². The van der Waals surface area contributed by atoms with Crippen molar-refractivity contribution in [2.75, 3.05) is 26.4 Å². The minimum absolute atomic E-state index is 0.348. The molecular formula is C17H31N5O2S2. The highest BCUT2D eigenvalue weighted by atomic mass is 32.2. The van der Waals surface area contributed by atoms with Crippen molar-refractivity contribution in [1.82, 2.24) is 19.9 Å². The van der Waals surface area contributed by atoms with Crippen molar-refractivity contribution in [2.45, 2.75) is 58.5 Å². The molecule has 0 fully saturated rings.